The third-order valence-electron chi connectivity index (χ3n) is 3.82. The lowest BCUT2D eigenvalue weighted by molar-refractivity contribution is -0.136. The number of hydrogen-bond acceptors (Lipinski definition) is 5. The van der Waals surface area contributed by atoms with Gasteiger partial charge < -0.3 is 14.6 Å². The van der Waals surface area contributed by atoms with E-state index in [0.29, 0.717) is 23.3 Å². The first kappa shape index (κ1) is 15.2. The van der Waals surface area contributed by atoms with Gasteiger partial charge in [-0.25, -0.2) is 4.98 Å². The summed E-state index contributed by atoms with van der Waals surface area (Å²) in [5.41, 5.74) is 1.63. The van der Waals surface area contributed by atoms with E-state index in [0.717, 1.165) is 21.2 Å². The van der Waals surface area contributed by atoms with Crippen LogP contribution >= 0.6 is 22.9 Å². The van der Waals surface area contributed by atoms with Gasteiger partial charge in [-0.2, -0.15) is 0 Å². The Hall–Kier alpha value is -2.31. The number of carboxylic acids is 1. The van der Waals surface area contributed by atoms with Gasteiger partial charge >= 0.3 is 5.97 Å². The van der Waals surface area contributed by atoms with Gasteiger partial charge in [0, 0.05) is 16.3 Å². The standard InChI is InChI=1S/C17H12ClNO4S/c18-12-5-10(6-14-16(12)9(8-24-14)4-15(20)21)23-13-7-22-17-11(13)2-1-3-19-17/h1-3,5-6,8,13H,4,7H2,(H,20,21)/t13-/m1/s1. The molecule has 0 saturated heterocycles. The fraction of sp³-hybridized carbons (Fsp3) is 0.176. The van der Waals surface area contributed by atoms with E-state index in [1.165, 1.54) is 11.3 Å². The summed E-state index contributed by atoms with van der Waals surface area (Å²) >= 11 is 7.82. The molecule has 0 spiro atoms. The molecule has 0 unspecified atom stereocenters. The van der Waals surface area contributed by atoms with E-state index in [4.69, 9.17) is 26.2 Å². The number of thiophene rings is 1. The average molecular weight is 362 g/mol. The molecule has 0 amide bonds. The number of rotatable bonds is 4. The van der Waals surface area contributed by atoms with Gasteiger partial charge in [0.15, 0.2) is 6.10 Å². The van der Waals surface area contributed by atoms with Crippen LogP contribution < -0.4 is 9.47 Å². The van der Waals surface area contributed by atoms with Gasteiger partial charge in [-0.15, -0.1) is 11.3 Å². The monoisotopic (exact) mass is 361 g/mol. The molecule has 1 aliphatic heterocycles. The molecule has 2 aromatic heterocycles. The molecule has 122 valence electrons. The number of ether oxygens (including phenoxy) is 2. The zero-order valence-corrected chi connectivity index (χ0v) is 13.9. The number of hydrogen-bond donors (Lipinski definition) is 1. The van der Waals surface area contributed by atoms with E-state index in [-0.39, 0.29) is 12.5 Å². The van der Waals surface area contributed by atoms with E-state index in [9.17, 15) is 4.79 Å². The van der Waals surface area contributed by atoms with E-state index in [1.807, 2.05) is 23.6 Å². The molecule has 24 heavy (non-hydrogen) atoms. The van der Waals surface area contributed by atoms with Crippen molar-refractivity contribution in [3.8, 4) is 11.6 Å². The van der Waals surface area contributed by atoms with Gasteiger partial charge in [0.05, 0.1) is 17.0 Å². The van der Waals surface area contributed by atoms with Gasteiger partial charge in [-0.3, -0.25) is 4.79 Å². The fourth-order valence-electron chi connectivity index (χ4n) is 2.79. The molecule has 3 heterocycles. The lowest BCUT2D eigenvalue weighted by Gasteiger charge is -2.13. The van der Waals surface area contributed by atoms with Crippen molar-refractivity contribution < 1.29 is 19.4 Å². The SMILES string of the molecule is O=C(O)Cc1csc2cc(O[C@@H]3COc4ncccc43)cc(Cl)c12. The largest absolute Gasteiger partial charge is 0.482 e. The van der Waals surface area contributed by atoms with Crippen LogP contribution in [0.4, 0.5) is 0 Å². The number of halogens is 1. The molecule has 0 aliphatic carbocycles. The predicted molar refractivity (Wildman–Crippen MR) is 91.3 cm³/mol. The Bertz CT molecular complexity index is 939. The van der Waals surface area contributed by atoms with Crippen LogP contribution in [0.5, 0.6) is 11.6 Å². The van der Waals surface area contributed by atoms with Crippen LogP contribution in [0.1, 0.15) is 17.2 Å². The summed E-state index contributed by atoms with van der Waals surface area (Å²) in [5.74, 6) is 0.342. The Morgan fingerprint density at radius 2 is 2.38 bits per heavy atom. The number of carbonyl (C=O) groups is 1. The van der Waals surface area contributed by atoms with Gasteiger partial charge in [0.2, 0.25) is 5.88 Å². The summed E-state index contributed by atoms with van der Waals surface area (Å²) in [7, 11) is 0. The molecule has 0 saturated carbocycles. The Kier molecular flexibility index (Phi) is 3.78. The first-order chi connectivity index (χ1) is 11.6. The number of fused-ring (bicyclic) bond motifs is 2. The Morgan fingerprint density at radius 3 is 3.21 bits per heavy atom. The molecule has 1 aliphatic rings. The quantitative estimate of drug-likeness (QED) is 0.758. The summed E-state index contributed by atoms with van der Waals surface area (Å²) < 4.78 is 12.4. The fourth-order valence-corrected chi connectivity index (χ4v) is 4.19. The maximum Gasteiger partial charge on any atom is 0.307 e. The van der Waals surface area contributed by atoms with Crippen molar-refractivity contribution in [2.45, 2.75) is 12.5 Å². The second-order valence-corrected chi connectivity index (χ2v) is 6.74. The maximum atomic E-state index is 11.0. The van der Waals surface area contributed by atoms with Gasteiger partial charge in [-0.05, 0) is 35.2 Å². The summed E-state index contributed by atoms with van der Waals surface area (Å²) in [6.07, 6.45) is 1.40. The summed E-state index contributed by atoms with van der Waals surface area (Å²) in [6, 6.07) is 7.37. The van der Waals surface area contributed by atoms with Gasteiger partial charge in [0.1, 0.15) is 12.4 Å². The highest BCUT2D eigenvalue weighted by atomic mass is 35.5. The van der Waals surface area contributed by atoms with E-state index in [2.05, 4.69) is 4.98 Å². The third kappa shape index (κ3) is 2.68. The van der Waals surface area contributed by atoms with Crippen molar-refractivity contribution in [3.05, 3.63) is 52.0 Å². The summed E-state index contributed by atoms with van der Waals surface area (Å²) in [5, 5.41) is 12.1. The first-order valence-corrected chi connectivity index (χ1v) is 8.53. The van der Waals surface area contributed by atoms with Crippen LogP contribution in [0.3, 0.4) is 0 Å². The second kappa shape index (κ2) is 5.96. The Labute approximate surface area is 146 Å². The van der Waals surface area contributed by atoms with Crippen LogP contribution in [-0.2, 0) is 11.2 Å². The number of carboxylic acid groups (broad SMARTS) is 1. The van der Waals surface area contributed by atoms with E-state index >= 15 is 0 Å². The van der Waals surface area contributed by atoms with Crippen molar-refractivity contribution in [2.24, 2.45) is 0 Å². The molecule has 1 aromatic carbocycles. The lowest BCUT2D eigenvalue weighted by atomic mass is 10.1. The number of aromatic nitrogens is 1. The molecule has 7 heteroatoms. The second-order valence-electron chi connectivity index (χ2n) is 5.42. The van der Waals surface area contributed by atoms with E-state index < -0.39 is 5.97 Å². The summed E-state index contributed by atoms with van der Waals surface area (Å²) in [6.45, 7) is 0.400. The Balaban J connectivity index is 1.66. The molecule has 0 radical (unpaired) electrons. The number of pyridine rings is 1. The topological polar surface area (TPSA) is 68.7 Å². The molecule has 4 rings (SSSR count). The van der Waals surface area contributed by atoms with Gasteiger partial charge in [0.25, 0.3) is 0 Å². The molecular formula is C17H12ClNO4S. The smallest absolute Gasteiger partial charge is 0.307 e. The zero-order chi connectivity index (χ0) is 16.7. The number of benzene rings is 1. The molecule has 0 bridgehead atoms. The molecule has 1 N–H and O–H groups in total. The minimum Gasteiger partial charge on any atom is -0.482 e. The molecule has 0 fully saturated rings. The van der Waals surface area contributed by atoms with Gasteiger partial charge in [-0.1, -0.05) is 11.6 Å². The van der Waals surface area contributed by atoms with Crippen molar-refractivity contribution in [2.75, 3.05) is 6.61 Å². The van der Waals surface area contributed by atoms with E-state index in [1.54, 1.807) is 12.3 Å². The van der Waals surface area contributed by atoms with Crippen LogP contribution in [0, 0.1) is 0 Å². The van der Waals surface area contributed by atoms with Crippen LogP contribution in [0.15, 0.2) is 35.8 Å². The minimum atomic E-state index is -0.877. The third-order valence-corrected chi connectivity index (χ3v) is 5.09. The molecule has 1 atom stereocenters. The van der Waals surface area contributed by atoms with Crippen molar-refractivity contribution >= 4 is 39.0 Å². The summed E-state index contributed by atoms with van der Waals surface area (Å²) in [4.78, 5) is 15.1. The highest BCUT2D eigenvalue weighted by molar-refractivity contribution is 7.17. The Morgan fingerprint density at radius 1 is 1.50 bits per heavy atom. The molecular weight excluding hydrogens is 350 g/mol. The van der Waals surface area contributed by atoms with Crippen LogP contribution in [-0.4, -0.2) is 22.7 Å². The van der Waals surface area contributed by atoms with Crippen molar-refractivity contribution in [1.29, 1.82) is 0 Å². The number of nitrogens with zero attached hydrogens (tertiary/aromatic N) is 1. The lowest BCUT2D eigenvalue weighted by Crippen LogP contribution is -2.08. The van der Waals surface area contributed by atoms with Crippen molar-refractivity contribution in [3.63, 3.8) is 0 Å². The highest BCUT2D eigenvalue weighted by Gasteiger charge is 2.27. The first-order valence-electron chi connectivity index (χ1n) is 7.27. The average Bonchev–Trinajstić information content (AvgIpc) is 3.12. The predicted octanol–water partition coefficient (Wildman–Crippen LogP) is 4.09. The normalized spacial score (nSPS) is 16.0. The zero-order valence-electron chi connectivity index (χ0n) is 12.4. The maximum absolute atomic E-state index is 11.0. The highest BCUT2D eigenvalue weighted by Crippen LogP contribution is 2.39. The number of aliphatic carboxylic acids is 1. The van der Waals surface area contributed by atoms with Crippen LogP contribution in [0.25, 0.3) is 10.1 Å². The molecule has 5 nitrogen and oxygen atoms in total. The van der Waals surface area contributed by atoms with Crippen molar-refractivity contribution in [1.82, 2.24) is 4.98 Å². The van der Waals surface area contributed by atoms with Crippen LogP contribution in [0.2, 0.25) is 5.02 Å². The minimum absolute atomic E-state index is 0.0462. The molecule has 3 aromatic rings.